The standard InChI is InChI=1S/C17H25N5/c1-4-5-7-10-13(2)15-20-16(18-3)22-17(21-15)19-14-11-8-6-9-12-14/h6,8-9,11-13H,4-5,7,10H2,1-3H3,(H2,18,19,20,21,22). The zero-order valence-electron chi connectivity index (χ0n) is 13.6. The SMILES string of the molecule is CCCCCC(C)c1nc(NC)nc(Nc2ccccc2)n1. The molecule has 0 saturated heterocycles. The predicted molar refractivity (Wildman–Crippen MR) is 91.7 cm³/mol. The Bertz CT molecular complexity index is 571. The molecule has 22 heavy (non-hydrogen) atoms. The van der Waals surface area contributed by atoms with E-state index in [1.165, 1.54) is 19.3 Å². The van der Waals surface area contributed by atoms with Gasteiger partial charge < -0.3 is 10.6 Å². The molecule has 2 aromatic rings. The number of nitrogens with zero attached hydrogens (tertiary/aromatic N) is 3. The first-order valence-electron chi connectivity index (χ1n) is 7.98. The van der Waals surface area contributed by atoms with E-state index in [1.807, 2.05) is 37.4 Å². The van der Waals surface area contributed by atoms with Gasteiger partial charge in [0.15, 0.2) is 0 Å². The highest BCUT2D eigenvalue weighted by Crippen LogP contribution is 2.21. The Morgan fingerprint density at radius 3 is 2.41 bits per heavy atom. The van der Waals surface area contributed by atoms with Gasteiger partial charge in [0.05, 0.1) is 0 Å². The summed E-state index contributed by atoms with van der Waals surface area (Å²) in [4.78, 5) is 13.5. The average molecular weight is 299 g/mol. The van der Waals surface area contributed by atoms with Gasteiger partial charge in [-0.1, -0.05) is 51.3 Å². The van der Waals surface area contributed by atoms with Crippen LogP contribution < -0.4 is 10.6 Å². The molecule has 0 radical (unpaired) electrons. The summed E-state index contributed by atoms with van der Waals surface area (Å²) < 4.78 is 0. The summed E-state index contributed by atoms with van der Waals surface area (Å²) in [7, 11) is 1.83. The van der Waals surface area contributed by atoms with E-state index in [2.05, 4.69) is 39.4 Å². The average Bonchev–Trinajstić information content (AvgIpc) is 2.55. The van der Waals surface area contributed by atoms with Gasteiger partial charge in [-0.2, -0.15) is 15.0 Å². The van der Waals surface area contributed by atoms with E-state index in [1.54, 1.807) is 0 Å². The lowest BCUT2D eigenvalue weighted by molar-refractivity contribution is 0.574. The lowest BCUT2D eigenvalue weighted by atomic mass is 10.0. The van der Waals surface area contributed by atoms with Crippen molar-refractivity contribution in [3.8, 4) is 0 Å². The van der Waals surface area contributed by atoms with Crippen LogP contribution in [0.5, 0.6) is 0 Å². The molecule has 0 saturated carbocycles. The van der Waals surface area contributed by atoms with Gasteiger partial charge in [0, 0.05) is 18.7 Å². The molecule has 1 heterocycles. The Labute approximate surface area is 132 Å². The van der Waals surface area contributed by atoms with Gasteiger partial charge in [0.25, 0.3) is 0 Å². The highest BCUT2D eigenvalue weighted by molar-refractivity contribution is 5.53. The third-order valence-corrected chi connectivity index (χ3v) is 3.59. The maximum absolute atomic E-state index is 4.58. The van der Waals surface area contributed by atoms with E-state index in [0.29, 0.717) is 17.8 Å². The normalized spacial score (nSPS) is 12.0. The van der Waals surface area contributed by atoms with Crippen LogP contribution in [0.2, 0.25) is 0 Å². The van der Waals surface area contributed by atoms with Crippen molar-refractivity contribution in [2.75, 3.05) is 17.7 Å². The number of para-hydroxylation sites is 1. The molecule has 1 atom stereocenters. The minimum atomic E-state index is 0.331. The Morgan fingerprint density at radius 2 is 1.73 bits per heavy atom. The summed E-state index contributed by atoms with van der Waals surface area (Å²) in [6.45, 7) is 4.39. The van der Waals surface area contributed by atoms with E-state index in [0.717, 1.165) is 17.9 Å². The summed E-state index contributed by atoms with van der Waals surface area (Å²) in [6.07, 6.45) is 4.79. The van der Waals surface area contributed by atoms with E-state index in [9.17, 15) is 0 Å². The number of nitrogens with one attached hydrogen (secondary N) is 2. The second-order valence-corrected chi connectivity index (χ2v) is 5.48. The first-order chi connectivity index (χ1) is 10.7. The first kappa shape index (κ1) is 16.2. The molecule has 2 rings (SSSR count). The molecule has 2 N–H and O–H groups in total. The second-order valence-electron chi connectivity index (χ2n) is 5.48. The second kappa shape index (κ2) is 8.32. The maximum Gasteiger partial charge on any atom is 0.232 e. The molecular weight excluding hydrogens is 274 g/mol. The van der Waals surface area contributed by atoms with Gasteiger partial charge in [-0.25, -0.2) is 0 Å². The van der Waals surface area contributed by atoms with Crippen molar-refractivity contribution < 1.29 is 0 Å². The highest BCUT2D eigenvalue weighted by atomic mass is 15.2. The Kier molecular flexibility index (Phi) is 6.13. The van der Waals surface area contributed by atoms with Gasteiger partial charge in [-0.15, -0.1) is 0 Å². The maximum atomic E-state index is 4.58. The molecule has 0 bridgehead atoms. The van der Waals surface area contributed by atoms with Gasteiger partial charge >= 0.3 is 0 Å². The molecule has 1 unspecified atom stereocenters. The summed E-state index contributed by atoms with van der Waals surface area (Å²) in [5, 5.41) is 6.25. The zero-order chi connectivity index (χ0) is 15.8. The molecule has 0 spiro atoms. The van der Waals surface area contributed by atoms with Crippen molar-refractivity contribution in [2.45, 2.75) is 45.4 Å². The molecule has 5 nitrogen and oxygen atoms in total. The largest absolute Gasteiger partial charge is 0.357 e. The predicted octanol–water partition coefficient (Wildman–Crippen LogP) is 4.34. The van der Waals surface area contributed by atoms with Gasteiger partial charge in [-0.3, -0.25) is 0 Å². The van der Waals surface area contributed by atoms with Crippen molar-refractivity contribution in [1.82, 2.24) is 15.0 Å². The summed E-state index contributed by atoms with van der Waals surface area (Å²) >= 11 is 0. The summed E-state index contributed by atoms with van der Waals surface area (Å²) in [5.41, 5.74) is 0.973. The van der Waals surface area contributed by atoms with Crippen molar-refractivity contribution in [2.24, 2.45) is 0 Å². The minimum Gasteiger partial charge on any atom is -0.357 e. The van der Waals surface area contributed by atoms with Crippen molar-refractivity contribution in [1.29, 1.82) is 0 Å². The number of unbranched alkanes of at least 4 members (excludes halogenated alkanes) is 2. The summed E-state index contributed by atoms with van der Waals surface area (Å²) in [5.74, 6) is 2.36. The third kappa shape index (κ3) is 4.69. The Hall–Kier alpha value is -2.17. The molecule has 0 aliphatic heterocycles. The molecule has 1 aromatic carbocycles. The number of anilines is 3. The molecule has 118 valence electrons. The van der Waals surface area contributed by atoms with Crippen LogP contribution in [-0.4, -0.2) is 22.0 Å². The van der Waals surface area contributed by atoms with Crippen LogP contribution in [0, 0.1) is 0 Å². The fraction of sp³-hybridized carbons (Fsp3) is 0.471. The van der Waals surface area contributed by atoms with E-state index in [-0.39, 0.29) is 0 Å². The van der Waals surface area contributed by atoms with Crippen LogP contribution in [0.25, 0.3) is 0 Å². The smallest absolute Gasteiger partial charge is 0.232 e. The van der Waals surface area contributed by atoms with Crippen LogP contribution in [0.4, 0.5) is 17.6 Å². The Morgan fingerprint density at radius 1 is 1.00 bits per heavy atom. The van der Waals surface area contributed by atoms with E-state index in [4.69, 9.17) is 0 Å². The molecule has 5 heteroatoms. The minimum absolute atomic E-state index is 0.331. The van der Waals surface area contributed by atoms with Gasteiger partial charge in [0.2, 0.25) is 11.9 Å². The fourth-order valence-corrected chi connectivity index (χ4v) is 2.26. The molecule has 0 aliphatic carbocycles. The number of aromatic nitrogens is 3. The molecular formula is C17H25N5. The van der Waals surface area contributed by atoms with Crippen LogP contribution >= 0.6 is 0 Å². The lowest BCUT2D eigenvalue weighted by Gasteiger charge is -2.13. The van der Waals surface area contributed by atoms with E-state index >= 15 is 0 Å². The lowest BCUT2D eigenvalue weighted by Crippen LogP contribution is -2.09. The zero-order valence-corrected chi connectivity index (χ0v) is 13.6. The van der Waals surface area contributed by atoms with Crippen molar-refractivity contribution in [3.05, 3.63) is 36.2 Å². The monoisotopic (exact) mass is 299 g/mol. The number of hydrogen-bond donors (Lipinski definition) is 2. The van der Waals surface area contributed by atoms with Crippen LogP contribution in [0.3, 0.4) is 0 Å². The van der Waals surface area contributed by atoms with Crippen molar-refractivity contribution in [3.63, 3.8) is 0 Å². The van der Waals surface area contributed by atoms with Crippen LogP contribution in [-0.2, 0) is 0 Å². The first-order valence-corrected chi connectivity index (χ1v) is 7.98. The quantitative estimate of drug-likeness (QED) is 0.710. The molecule has 1 aromatic heterocycles. The van der Waals surface area contributed by atoms with Gasteiger partial charge in [0.1, 0.15) is 5.82 Å². The fourth-order valence-electron chi connectivity index (χ4n) is 2.26. The molecule has 0 fully saturated rings. The Balaban J connectivity index is 2.15. The topological polar surface area (TPSA) is 62.7 Å². The third-order valence-electron chi connectivity index (χ3n) is 3.59. The summed E-state index contributed by atoms with van der Waals surface area (Å²) in [6, 6.07) is 9.94. The molecule has 0 amide bonds. The number of hydrogen-bond acceptors (Lipinski definition) is 5. The van der Waals surface area contributed by atoms with Crippen molar-refractivity contribution >= 4 is 17.6 Å². The number of rotatable bonds is 8. The van der Waals surface area contributed by atoms with Gasteiger partial charge in [-0.05, 0) is 18.6 Å². The van der Waals surface area contributed by atoms with E-state index < -0.39 is 0 Å². The number of benzene rings is 1. The van der Waals surface area contributed by atoms with Crippen LogP contribution in [0.1, 0.15) is 51.3 Å². The molecule has 0 aliphatic rings. The van der Waals surface area contributed by atoms with Crippen LogP contribution in [0.15, 0.2) is 30.3 Å². The highest BCUT2D eigenvalue weighted by Gasteiger charge is 2.12.